The van der Waals surface area contributed by atoms with Gasteiger partial charge in [0.1, 0.15) is 18.1 Å². The van der Waals surface area contributed by atoms with Crippen molar-refractivity contribution in [2.45, 2.75) is 163 Å². The Morgan fingerprint density at radius 3 is 1.03 bits per heavy atom. The Hall–Kier alpha value is -5.36. The first kappa shape index (κ1) is 56.6. The summed E-state index contributed by atoms with van der Waals surface area (Å²) >= 11 is 0. The van der Waals surface area contributed by atoms with Crippen LogP contribution in [-0.4, -0.2) is 117 Å². The average Bonchev–Trinajstić information content (AvgIpc) is 3.95. The van der Waals surface area contributed by atoms with Gasteiger partial charge in [-0.3, -0.25) is 33.6 Å². The molecule has 18 nitrogen and oxygen atoms in total. The van der Waals surface area contributed by atoms with Gasteiger partial charge in [0.2, 0.25) is 47.6 Å². The standard InChI is InChI=1S/3C11H18N2O2.C7H10O3.C4H10N2O/c3*1-3-5-8-6-10(14)13(7-8)9(4-2)11(12)15;1-2-3-5-4-6(8)10-7(5)9;1-2-3(5)4(6)7/h3*6,9H,3-5,7H2,1-2H3,(H2,12,15);4,7,9H,2-3H2,1H3;3H,2,5H2,1H3,(H2,6,7)/t3*9-;;3-/m000.0/s1. The molecule has 0 saturated heterocycles. The van der Waals surface area contributed by atoms with E-state index in [0.29, 0.717) is 50.9 Å². The van der Waals surface area contributed by atoms with Crippen LogP contribution in [0.1, 0.15) is 132 Å². The second kappa shape index (κ2) is 29.8. The topological polar surface area (TPSA) is 306 Å². The number of hydrogen-bond donors (Lipinski definition) is 6. The first-order valence-electron chi connectivity index (χ1n) is 21.7. The fraction of sp³-hybridized carbons (Fsp3) is 0.636. The van der Waals surface area contributed by atoms with Crippen molar-refractivity contribution in [1.29, 1.82) is 0 Å². The lowest BCUT2D eigenvalue weighted by atomic mass is 10.1. The number of rotatable bonds is 19. The quantitative estimate of drug-likeness (QED) is 0.102. The third-order valence-electron chi connectivity index (χ3n) is 10.1. The molecule has 0 saturated carbocycles. The molecule has 5 atom stereocenters. The minimum atomic E-state index is -0.979. The maximum Gasteiger partial charge on any atom is 0.333 e. The fourth-order valence-electron chi connectivity index (χ4n) is 6.86. The summed E-state index contributed by atoms with van der Waals surface area (Å²) in [6.45, 7) is 17.3. The number of amides is 7. The van der Waals surface area contributed by atoms with Crippen LogP contribution in [0.2, 0.25) is 0 Å². The molecule has 0 fully saturated rings. The molecule has 18 heteroatoms. The molecule has 0 aromatic rings. The van der Waals surface area contributed by atoms with E-state index in [4.69, 9.17) is 33.8 Å². The van der Waals surface area contributed by atoms with Crippen molar-refractivity contribution >= 4 is 47.3 Å². The lowest BCUT2D eigenvalue weighted by Crippen LogP contribution is -2.45. The van der Waals surface area contributed by atoms with Crippen LogP contribution in [0.3, 0.4) is 0 Å². The third-order valence-corrected chi connectivity index (χ3v) is 10.1. The highest BCUT2D eigenvalue weighted by atomic mass is 16.6. The van der Waals surface area contributed by atoms with Crippen LogP contribution in [0, 0.1) is 0 Å². The lowest BCUT2D eigenvalue weighted by Gasteiger charge is -2.24. The Labute approximate surface area is 367 Å². The van der Waals surface area contributed by atoms with Gasteiger partial charge >= 0.3 is 5.97 Å². The maximum absolute atomic E-state index is 11.6. The first-order chi connectivity index (χ1) is 29.2. The second-order valence-corrected chi connectivity index (χ2v) is 15.2. The van der Waals surface area contributed by atoms with Gasteiger partial charge in [0.15, 0.2) is 0 Å². The normalized spacial score (nSPS) is 18.4. The van der Waals surface area contributed by atoms with E-state index in [2.05, 4.69) is 25.5 Å². The van der Waals surface area contributed by atoms with Crippen molar-refractivity contribution in [2.24, 2.45) is 28.7 Å². The zero-order valence-electron chi connectivity index (χ0n) is 38.2. The molecule has 0 spiro atoms. The minimum Gasteiger partial charge on any atom is -0.429 e. The predicted octanol–water partition coefficient (Wildman–Crippen LogP) is 2.25. The summed E-state index contributed by atoms with van der Waals surface area (Å²) in [5, 5.41) is 8.98. The smallest absolute Gasteiger partial charge is 0.333 e. The number of aliphatic hydroxyl groups excluding tert-OH is 1. The molecular formula is C44H74N8O10. The Morgan fingerprint density at radius 2 is 0.855 bits per heavy atom. The van der Waals surface area contributed by atoms with Gasteiger partial charge in [-0.1, -0.05) is 81.1 Å². The summed E-state index contributed by atoms with van der Waals surface area (Å²) < 4.78 is 4.45. The summed E-state index contributed by atoms with van der Waals surface area (Å²) in [6, 6.07) is -1.82. The average molecular weight is 875 g/mol. The van der Waals surface area contributed by atoms with Gasteiger partial charge in [0.25, 0.3) is 0 Å². The molecule has 4 rings (SSSR count). The highest BCUT2D eigenvalue weighted by molar-refractivity contribution is 5.96. The number of aliphatic hydroxyl groups is 1. The van der Waals surface area contributed by atoms with Crippen molar-refractivity contribution in [3.63, 3.8) is 0 Å². The number of ether oxygens (including phenoxy) is 1. The second-order valence-electron chi connectivity index (χ2n) is 15.2. The number of carbonyl (C=O) groups excluding carboxylic acids is 8. The summed E-state index contributed by atoms with van der Waals surface area (Å²) in [4.78, 5) is 93.4. The van der Waals surface area contributed by atoms with Gasteiger partial charge in [-0.2, -0.15) is 0 Å². The fourth-order valence-corrected chi connectivity index (χ4v) is 6.86. The molecular weight excluding hydrogens is 801 g/mol. The molecule has 0 aliphatic carbocycles. The number of esters is 1. The monoisotopic (exact) mass is 875 g/mol. The number of nitrogens with two attached hydrogens (primary N) is 5. The predicted molar refractivity (Wildman–Crippen MR) is 236 cm³/mol. The lowest BCUT2D eigenvalue weighted by molar-refractivity contribution is -0.151. The van der Waals surface area contributed by atoms with Crippen molar-refractivity contribution in [2.75, 3.05) is 19.6 Å². The van der Waals surface area contributed by atoms with E-state index in [9.17, 15) is 38.4 Å². The Morgan fingerprint density at radius 1 is 0.548 bits per heavy atom. The molecule has 350 valence electrons. The van der Waals surface area contributed by atoms with Gasteiger partial charge in [0.05, 0.1) is 6.04 Å². The van der Waals surface area contributed by atoms with E-state index in [-0.39, 0.29) is 17.7 Å². The van der Waals surface area contributed by atoms with Crippen LogP contribution in [0.5, 0.6) is 0 Å². The van der Waals surface area contributed by atoms with Gasteiger partial charge in [-0.25, -0.2) is 4.79 Å². The van der Waals surface area contributed by atoms with E-state index in [1.54, 1.807) is 32.9 Å². The Balaban J connectivity index is 0.000000768. The van der Waals surface area contributed by atoms with E-state index in [1.165, 1.54) is 6.08 Å². The van der Waals surface area contributed by atoms with Gasteiger partial charge in [-0.05, 0) is 68.1 Å². The number of carbonyl (C=O) groups is 8. The molecule has 4 aliphatic heterocycles. The van der Waals surface area contributed by atoms with Crippen molar-refractivity contribution in [1.82, 2.24) is 14.7 Å². The third kappa shape index (κ3) is 19.1. The van der Waals surface area contributed by atoms with Crippen molar-refractivity contribution in [3.05, 3.63) is 46.6 Å². The van der Waals surface area contributed by atoms with Crippen molar-refractivity contribution < 1.29 is 48.2 Å². The number of cyclic esters (lactones) is 1. The van der Waals surface area contributed by atoms with Gasteiger partial charge in [-0.15, -0.1) is 0 Å². The van der Waals surface area contributed by atoms with E-state index < -0.39 is 60.1 Å². The molecule has 4 heterocycles. The highest BCUT2D eigenvalue weighted by Gasteiger charge is 2.32. The summed E-state index contributed by atoms with van der Waals surface area (Å²) in [7, 11) is 0. The van der Waals surface area contributed by atoms with E-state index >= 15 is 0 Å². The van der Waals surface area contributed by atoms with Crippen molar-refractivity contribution in [3.8, 4) is 0 Å². The molecule has 4 aliphatic rings. The molecule has 0 aromatic carbocycles. The first-order valence-corrected chi connectivity index (χ1v) is 21.7. The van der Waals surface area contributed by atoms with E-state index in [0.717, 1.165) is 68.1 Å². The zero-order chi connectivity index (χ0) is 47.7. The zero-order valence-corrected chi connectivity index (χ0v) is 38.2. The van der Waals surface area contributed by atoms with Crippen LogP contribution < -0.4 is 28.7 Å². The van der Waals surface area contributed by atoms with Crippen LogP contribution >= 0.6 is 0 Å². The summed E-state index contributed by atoms with van der Waals surface area (Å²) in [5.41, 5.74) is 29.7. The molecule has 11 N–H and O–H groups in total. The van der Waals surface area contributed by atoms with Crippen LogP contribution in [-0.2, 0) is 43.1 Å². The molecule has 0 bridgehead atoms. The molecule has 62 heavy (non-hydrogen) atoms. The SMILES string of the molecule is CCCC1=CC(=O)N([C@@H](CC)C(N)=O)C1.CCCC1=CC(=O)N([C@@H](CC)C(N)=O)C1.CCCC1=CC(=O)N([C@@H](CC)C(N)=O)C1.CCCC1=CC(=O)OC1O.CC[C@H](N)C(N)=O. The molecule has 1 unspecified atom stereocenters. The highest BCUT2D eigenvalue weighted by Crippen LogP contribution is 2.22. The molecule has 0 aromatic heterocycles. The van der Waals surface area contributed by atoms with Crippen LogP contribution in [0.4, 0.5) is 0 Å². The molecule has 7 amide bonds. The largest absolute Gasteiger partial charge is 0.429 e. The van der Waals surface area contributed by atoms with Gasteiger partial charge in [0, 0.05) is 49.5 Å². The Kier molecular flexibility index (Phi) is 27.2. The summed E-state index contributed by atoms with van der Waals surface area (Å²) in [6.07, 6.45) is 15.1. The number of nitrogens with zero attached hydrogens (tertiary/aromatic N) is 3. The summed E-state index contributed by atoms with van der Waals surface area (Å²) in [5.74, 6) is -2.36. The Bertz CT molecular complexity index is 1530. The number of hydrogen-bond acceptors (Lipinski definition) is 11. The number of primary amides is 4. The van der Waals surface area contributed by atoms with Crippen LogP contribution in [0.15, 0.2) is 46.6 Å². The minimum absolute atomic E-state index is 0.0795. The van der Waals surface area contributed by atoms with Gasteiger partial charge < -0.3 is 53.2 Å². The molecule has 0 radical (unpaired) electrons. The van der Waals surface area contributed by atoms with Crippen LogP contribution in [0.25, 0.3) is 0 Å². The maximum atomic E-state index is 11.6. The van der Waals surface area contributed by atoms with E-state index in [1.807, 2.05) is 34.6 Å².